The summed E-state index contributed by atoms with van der Waals surface area (Å²) < 4.78 is 4.85. The van der Waals surface area contributed by atoms with Gasteiger partial charge in [-0.1, -0.05) is 66.2 Å². The first-order valence-corrected chi connectivity index (χ1v) is 12.5. The van der Waals surface area contributed by atoms with Gasteiger partial charge in [-0.15, -0.1) is 11.8 Å². The molecular weight excluding hydrogens is 484 g/mol. The van der Waals surface area contributed by atoms with E-state index in [1.165, 1.54) is 18.9 Å². The molecule has 0 radical (unpaired) electrons. The molecule has 7 heteroatoms. The maximum Gasteiger partial charge on any atom is 0.339 e. The van der Waals surface area contributed by atoms with E-state index in [9.17, 15) is 14.4 Å². The normalized spacial score (nSPS) is 11.3. The van der Waals surface area contributed by atoms with Crippen LogP contribution < -0.4 is 10.6 Å². The van der Waals surface area contributed by atoms with Crippen molar-refractivity contribution in [2.24, 2.45) is 0 Å². The molecule has 4 aromatic carbocycles. The molecule has 0 spiro atoms. The molecule has 186 valence electrons. The van der Waals surface area contributed by atoms with Crippen molar-refractivity contribution in [1.29, 1.82) is 0 Å². The third-order valence-corrected chi connectivity index (χ3v) is 6.80. The zero-order valence-corrected chi connectivity index (χ0v) is 21.3. The standard InChI is InChI=1S/C30H26N2O4S/c1-20-10-8-13-22(18-20)28(33)31-23-14-9-15-24(19-23)37-27(21-11-4-3-5-12-21)29(34)32-26-17-7-6-16-25(26)30(35)36-2/h3-19,27H,1-2H3,(H,31,33)(H,32,34). The van der Waals surface area contributed by atoms with Crippen LogP contribution in [0.25, 0.3) is 0 Å². The van der Waals surface area contributed by atoms with Crippen molar-refractivity contribution in [3.63, 3.8) is 0 Å². The molecule has 37 heavy (non-hydrogen) atoms. The quantitative estimate of drug-likeness (QED) is 0.209. The molecule has 0 aliphatic carbocycles. The monoisotopic (exact) mass is 510 g/mol. The lowest BCUT2D eigenvalue weighted by Gasteiger charge is -2.18. The number of carbonyl (C=O) groups excluding carboxylic acids is 3. The van der Waals surface area contributed by atoms with Crippen LogP contribution in [-0.2, 0) is 9.53 Å². The first-order valence-electron chi connectivity index (χ1n) is 11.6. The van der Waals surface area contributed by atoms with Gasteiger partial charge in [-0.05, 0) is 55.0 Å². The molecule has 1 unspecified atom stereocenters. The van der Waals surface area contributed by atoms with Gasteiger partial charge in [-0.2, -0.15) is 0 Å². The summed E-state index contributed by atoms with van der Waals surface area (Å²) >= 11 is 1.35. The van der Waals surface area contributed by atoms with Gasteiger partial charge in [0.05, 0.1) is 18.4 Å². The molecule has 0 aliphatic rings. The molecule has 0 bridgehead atoms. The Kier molecular flexibility index (Phi) is 8.38. The van der Waals surface area contributed by atoms with Gasteiger partial charge < -0.3 is 15.4 Å². The van der Waals surface area contributed by atoms with Crippen molar-refractivity contribution in [3.05, 3.63) is 125 Å². The minimum Gasteiger partial charge on any atom is -0.465 e. The third-order valence-electron chi connectivity index (χ3n) is 5.56. The van der Waals surface area contributed by atoms with E-state index >= 15 is 0 Å². The number of benzene rings is 4. The maximum atomic E-state index is 13.5. The number of hydrogen-bond acceptors (Lipinski definition) is 5. The van der Waals surface area contributed by atoms with E-state index in [0.717, 1.165) is 16.0 Å². The summed E-state index contributed by atoms with van der Waals surface area (Å²) in [6.07, 6.45) is 0. The van der Waals surface area contributed by atoms with Crippen LogP contribution in [0.1, 0.15) is 37.1 Å². The number of thioether (sulfide) groups is 1. The second-order valence-electron chi connectivity index (χ2n) is 8.29. The highest BCUT2D eigenvalue weighted by Gasteiger charge is 2.24. The smallest absolute Gasteiger partial charge is 0.339 e. The van der Waals surface area contributed by atoms with E-state index in [4.69, 9.17) is 4.74 Å². The Hall–Kier alpha value is -4.36. The Morgan fingerprint density at radius 1 is 0.784 bits per heavy atom. The van der Waals surface area contributed by atoms with Gasteiger partial charge in [0.1, 0.15) is 5.25 Å². The topological polar surface area (TPSA) is 84.5 Å². The SMILES string of the molecule is COC(=O)c1ccccc1NC(=O)C(Sc1cccc(NC(=O)c2cccc(C)c2)c1)c1ccccc1. The number of nitrogens with one attached hydrogen (secondary N) is 2. The summed E-state index contributed by atoms with van der Waals surface area (Å²) in [5.41, 5.74) is 3.65. The van der Waals surface area contributed by atoms with Crippen LogP contribution in [0.2, 0.25) is 0 Å². The summed E-state index contributed by atoms with van der Waals surface area (Å²) in [5, 5.41) is 5.20. The molecule has 2 amide bonds. The molecule has 6 nitrogen and oxygen atoms in total. The fourth-order valence-corrected chi connectivity index (χ4v) is 4.84. The summed E-state index contributed by atoms with van der Waals surface area (Å²) in [7, 11) is 1.30. The van der Waals surface area contributed by atoms with Gasteiger partial charge in [-0.25, -0.2) is 4.79 Å². The van der Waals surface area contributed by atoms with E-state index in [1.807, 2.05) is 79.7 Å². The van der Waals surface area contributed by atoms with Gasteiger partial charge in [0.2, 0.25) is 5.91 Å². The van der Waals surface area contributed by atoms with Gasteiger partial charge in [0, 0.05) is 16.1 Å². The van der Waals surface area contributed by atoms with Crippen LogP contribution in [0.5, 0.6) is 0 Å². The number of aryl methyl sites for hydroxylation is 1. The highest BCUT2D eigenvalue weighted by atomic mass is 32.2. The minimum absolute atomic E-state index is 0.206. The lowest BCUT2D eigenvalue weighted by molar-refractivity contribution is -0.115. The van der Waals surface area contributed by atoms with Gasteiger partial charge in [-0.3, -0.25) is 9.59 Å². The predicted molar refractivity (Wildman–Crippen MR) is 147 cm³/mol. The summed E-state index contributed by atoms with van der Waals surface area (Å²) in [6, 6.07) is 30.9. The van der Waals surface area contributed by atoms with Crippen LogP contribution >= 0.6 is 11.8 Å². The Bertz CT molecular complexity index is 1420. The molecule has 0 aliphatic heterocycles. The van der Waals surface area contributed by atoms with Gasteiger partial charge >= 0.3 is 5.97 Å². The molecule has 4 aromatic rings. The van der Waals surface area contributed by atoms with E-state index in [2.05, 4.69) is 10.6 Å². The van der Waals surface area contributed by atoms with E-state index in [0.29, 0.717) is 16.9 Å². The Morgan fingerprint density at radius 3 is 2.27 bits per heavy atom. The average Bonchev–Trinajstić information content (AvgIpc) is 2.92. The summed E-state index contributed by atoms with van der Waals surface area (Å²) in [4.78, 5) is 39.2. The number of para-hydroxylation sites is 1. The highest BCUT2D eigenvalue weighted by Crippen LogP contribution is 2.37. The first-order chi connectivity index (χ1) is 17.9. The van der Waals surface area contributed by atoms with Crippen molar-refractivity contribution in [2.75, 3.05) is 17.7 Å². The molecular formula is C30H26N2O4S. The number of hydrogen-bond donors (Lipinski definition) is 2. The van der Waals surface area contributed by atoms with Crippen molar-refractivity contribution < 1.29 is 19.1 Å². The molecule has 0 fully saturated rings. The first kappa shape index (κ1) is 25.7. The number of esters is 1. The summed E-state index contributed by atoms with van der Waals surface area (Å²) in [5.74, 6) is -1.03. The minimum atomic E-state index is -0.616. The second kappa shape index (κ2) is 12.1. The maximum absolute atomic E-state index is 13.5. The van der Waals surface area contributed by atoms with E-state index in [-0.39, 0.29) is 17.4 Å². The number of methoxy groups -OCH3 is 1. The zero-order valence-electron chi connectivity index (χ0n) is 20.4. The fourth-order valence-electron chi connectivity index (χ4n) is 3.75. The van der Waals surface area contributed by atoms with Crippen LogP contribution in [0.3, 0.4) is 0 Å². The Labute approximate surface area is 220 Å². The van der Waals surface area contributed by atoms with Gasteiger partial charge in [0.15, 0.2) is 0 Å². The molecule has 0 aromatic heterocycles. The van der Waals surface area contributed by atoms with Crippen LogP contribution in [0.4, 0.5) is 11.4 Å². The molecule has 4 rings (SSSR count). The molecule has 0 saturated heterocycles. The van der Waals surface area contributed by atoms with Crippen LogP contribution in [-0.4, -0.2) is 24.9 Å². The van der Waals surface area contributed by atoms with Gasteiger partial charge in [0.25, 0.3) is 5.91 Å². The summed E-state index contributed by atoms with van der Waals surface area (Å²) in [6.45, 7) is 1.94. The number of anilines is 2. The van der Waals surface area contributed by atoms with Crippen molar-refractivity contribution in [2.45, 2.75) is 17.1 Å². The van der Waals surface area contributed by atoms with Crippen molar-refractivity contribution >= 4 is 40.9 Å². The lowest BCUT2D eigenvalue weighted by atomic mass is 10.1. The largest absolute Gasteiger partial charge is 0.465 e. The van der Waals surface area contributed by atoms with Crippen molar-refractivity contribution in [1.82, 2.24) is 0 Å². The molecule has 2 N–H and O–H groups in total. The number of amides is 2. The average molecular weight is 511 g/mol. The fraction of sp³-hybridized carbons (Fsp3) is 0.100. The number of carbonyl (C=O) groups is 3. The Balaban J connectivity index is 1.57. The van der Waals surface area contributed by atoms with Crippen LogP contribution in [0, 0.1) is 6.92 Å². The van der Waals surface area contributed by atoms with E-state index in [1.54, 1.807) is 30.3 Å². The Morgan fingerprint density at radius 2 is 1.51 bits per heavy atom. The second-order valence-corrected chi connectivity index (χ2v) is 9.46. The zero-order chi connectivity index (χ0) is 26.2. The van der Waals surface area contributed by atoms with Crippen molar-refractivity contribution in [3.8, 4) is 0 Å². The molecule has 1 atom stereocenters. The highest BCUT2D eigenvalue weighted by molar-refractivity contribution is 8.00. The van der Waals surface area contributed by atoms with E-state index < -0.39 is 11.2 Å². The van der Waals surface area contributed by atoms with Crippen LogP contribution in [0.15, 0.2) is 108 Å². The third kappa shape index (κ3) is 6.65. The lowest BCUT2D eigenvalue weighted by Crippen LogP contribution is -2.21. The number of rotatable bonds is 8. The predicted octanol–water partition coefficient (Wildman–Crippen LogP) is 6.51. The molecule has 0 saturated carbocycles. The number of ether oxygens (including phenoxy) is 1. The molecule has 0 heterocycles.